The molecule has 1 amide bonds. The lowest BCUT2D eigenvalue weighted by Gasteiger charge is -2.19. The molecule has 1 aromatic carbocycles. The van der Waals surface area contributed by atoms with E-state index in [2.05, 4.69) is 19.2 Å². The highest BCUT2D eigenvalue weighted by Crippen LogP contribution is 2.13. The van der Waals surface area contributed by atoms with Crippen molar-refractivity contribution in [2.45, 2.75) is 40.0 Å². The molecule has 1 rings (SSSR count). The van der Waals surface area contributed by atoms with Crippen LogP contribution in [-0.4, -0.2) is 29.7 Å². The lowest BCUT2D eigenvalue weighted by molar-refractivity contribution is -0.112. The quantitative estimate of drug-likeness (QED) is 0.426. The van der Waals surface area contributed by atoms with Gasteiger partial charge in [-0.25, -0.2) is 0 Å². The number of benzene rings is 1. The summed E-state index contributed by atoms with van der Waals surface area (Å²) in [7, 11) is 0. The summed E-state index contributed by atoms with van der Waals surface area (Å²) in [6, 6.07) is 8.66. The van der Waals surface area contributed by atoms with Crippen LogP contribution in [0.3, 0.4) is 0 Å². The van der Waals surface area contributed by atoms with E-state index in [1.165, 1.54) is 6.92 Å². The molecule has 0 saturated carbocycles. The fourth-order valence-electron chi connectivity index (χ4n) is 2.22. The number of hydrogen-bond donors (Lipinski definition) is 1. The summed E-state index contributed by atoms with van der Waals surface area (Å²) in [4.78, 5) is 25.7. The normalized spacial score (nSPS) is 10.8. The van der Waals surface area contributed by atoms with E-state index in [4.69, 9.17) is 0 Å². The van der Waals surface area contributed by atoms with Crippen LogP contribution in [0.5, 0.6) is 0 Å². The zero-order valence-corrected chi connectivity index (χ0v) is 14.6. The Kier molecular flexibility index (Phi) is 8.28. The lowest BCUT2D eigenvalue weighted by Crippen LogP contribution is -2.23. The summed E-state index contributed by atoms with van der Waals surface area (Å²) < 4.78 is 0. The first-order valence-corrected chi connectivity index (χ1v) is 8.30. The second-order valence-corrected chi connectivity index (χ2v) is 5.64. The maximum absolute atomic E-state index is 12.3. The molecule has 0 saturated heterocycles. The van der Waals surface area contributed by atoms with E-state index in [1.807, 2.05) is 11.0 Å². The van der Waals surface area contributed by atoms with Gasteiger partial charge >= 0.3 is 0 Å². The number of nitrogens with one attached hydrogen (secondary N) is 1. The second-order valence-electron chi connectivity index (χ2n) is 5.64. The highest BCUT2D eigenvalue weighted by Gasteiger charge is 2.12. The minimum absolute atomic E-state index is 0.0628. The molecule has 0 aliphatic carbocycles. The SMILES string of the molecule is CCCCN(/C=C(/C#N)C(=O)Nc1cccc(C(C)=O)c1)CCC. The van der Waals surface area contributed by atoms with Crippen molar-refractivity contribution in [1.82, 2.24) is 4.90 Å². The van der Waals surface area contributed by atoms with E-state index in [0.29, 0.717) is 11.3 Å². The van der Waals surface area contributed by atoms with Crippen molar-refractivity contribution in [2.75, 3.05) is 18.4 Å². The molecule has 5 heteroatoms. The maximum atomic E-state index is 12.3. The van der Waals surface area contributed by atoms with Gasteiger partial charge in [0.2, 0.25) is 0 Å². The van der Waals surface area contributed by atoms with E-state index in [-0.39, 0.29) is 11.4 Å². The summed E-state index contributed by atoms with van der Waals surface area (Å²) >= 11 is 0. The van der Waals surface area contributed by atoms with Gasteiger partial charge in [0.05, 0.1) is 0 Å². The van der Waals surface area contributed by atoms with Crippen LogP contribution in [0.15, 0.2) is 36.0 Å². The van der Waals surface area contributed by atoms with Gasteiger partial charge in [0.1, 0.15) is 11.6 Å². The molecule has 0 aliphatic rings. The molecule has 0 bridgehead atoms. The van der Waals surface area contributed by atoms with Gasteiger partial charge in [-0.1, -0.05) is 32.4 Å². The standard InChI is InChI=1S/C19H25N3O2/c1-4-6-11-22(10-5-2)14-17(13-20)19(24)21-18-9-7-8-16(12-18)15(3)23/h7-9,12,14H,4-6,10-11H2,1-3H3,(H,21,24)/b17-14-. The molecule has 1 N–H and O–H groups in total. The van der Waals surface area contributed by atoms with Crippen LogP contribution in [0.1, 0.15) is 50.4 Å². The van der Waals surface area contributed by atoms with Crippen molar-refractivity contribution in [2.24, 2.45) is 0 Å². The molecule has 0 aromatic heterocycles. The largest absolute Gasteiger partial charge is 0.376 e. The number of rotatable bonds is 9. The summed E-state index contributed by atoms with van der Waals surface area (Å²) in [6.45, 7) is 7.26. The van der Waals surface area contributed by atoms with Crippen LogP contribution in [-0.2, 0) is 4.79 Å². The monoisotopic (exact) mass is 327 g/mol. The molecule has 0 unspecified atom stereocenters. The summed E-state index contributed by atoms with van der Waals surface area (Å²) in [5.74, 6) is -0.536. The first kappa shape index (κ1) is 19.4. The smallest absolute Gasteiger partial charge is 0.267 e. The maximum Gasteiger partial charge on any atom is 0.267 e. The van der Waals surface area contributed by atoms with E-state index in [0.717, 1.165) is 32.4 Å². The minimum atomic E-state index is -0.462. The van der Waals surface area contributed by atoms with Crippen molar-refractivity contribution >= 4 is 17.4 Å². The number of nitrogens with zero attached hydrogens (tertiary/aromatic N) is 2. The Hall–Kier alpha value is -2.61. The van der Waals surface area contributed by atoms with Crippen LogP contribution in [0.2, 0.25) is 0 Å². The first-order chi connectivity index (χ1) is 11.5. The molecule has 0 radical (unpaired) electrons. The van der Waals surface area contributed by atoms with E-state index >= 15 is 0 Å². The topological polar surface area (TPSA) is 73.2 Å². The number of nitriles is 1. The number of carbonyl (C=O) groups excluding carboxylic acids is 2. The summed E-state index contributed by atoms with van der Waals surface area (Å²) in [6.07, 6.45) is 4.64. The zero-order valence-electron chi connectivity index (χ0n) is 14.6. The number of Topliss-reactive ketones (excluding diaryl/α,β-unsaturated/α-hetero) is 1. The number of anilines is 1. The number of ketones is 1. The molecule has 24 heavy (non-hydrogen) atoms. The van der Waals surface area contributed by atoms with Gasteiger partial charge in [0.15, 0.2) is 5.78 Å². The molecule has 1 aromatic rings. The van der Waals surface area contributed by atoms with E-state index < -0.39 is 5.91 Å². The van der Waals surface area contributed by atoms with Gasteiger partial charge in [0.25, 0.3) is 5.91 Å². The number of unbranched alkanes of at least 4 members (excludes halogenated alkanes) is 1. The number of carbonyl (C=O) groups is 2. The Labute approximate surface area is 144 Å². The second kappa shape index (κ2) is 10.2. The molecular weight excluding hydrogens is 302 g/mol. The van der Waals surface area contributed by atoms with Gasteiger partial charge in [-0.15, -0.1) is 0 Å². The van der Waals surface area contributed by atoms with Crippen LogP contribution in [0.25, 0.3) is 0 Å². The third-order valence-corrected chi connectivity index (χ3v) is 3.51. The van der Waals surface area contributed by atoms with Crippen molar-refractivity contribution < 1.29 is 9.59 Å². The highest BCUT2D eigenvalue weighted by molar-refractivity contribution is 6.07. The van der Waals surface area contributed by atoms with Gasteiger partial charge < -0.3 is 10.2 Å². The van der Waals surface area contributed by atoms with Crippen molar-refractivity contribution in [3.05, 3.63) is 41.6 Å². The molecule has 0 aliphatic heterocycles. The van der Waals surface area contributed by atoms with Crippen LogP contribution >= 0.6 is 0 Å². The molecule has 128 valence electrons. The molecule has 5 nitrogen and oxygen atoms in total. The predicted molar refractivity (Wildman–Crippen MR) is 95.5 cm³/mol. The third kappa shape index (κ3) is 6.25. The molecule has 0 heterocycles. The molecule has 0 fully saturated rings. The van der Waals surface area contributed by atoms with Crippen LogP contribution < -0.4 is 5.32 Å². The number of hydrogen-bond acceptors (Lipinski definition) is 4. The summed E-state index contributed by atoms with van der Waals surface area (Å²) in [5.41, 5.74) is 1.09. The van der Waals surface area contributed by atoms with E-state index in [1.54, 1.807) is 30.5 Å². The zero-order chi connectivity index (χ0) is 17.9. The first-order valence-electron chi connectivity index (χ1n) is 8.30. The number of amides is 1. The third-order valence-electron chi connectivity index (χ3n) is 3.51. The summed E-state index contributed by atoms with van der Waals surface area (Å²) in [5, 5.41) is 12.0. The van der Waals surface area contributed by atoms with Crippen LogP contribution in [0.4, 0.5) is 5.69 Å². The Morgan fingerprint density at radius 2 is 2.00 bits per heavy atom. The Morgan fingerprint density at radius 1 is 1.25 bits per heavy atom. The average Bonchev–Trinajstić information content (AvgIpc) is 2.57. The molecule has 0 spiro atoms. The molecule has 0 atom stereocenters. The fraction of sp³-hybridized carbons (Fsp3) is 0.421. The van der Waals surface area contributed by atoms with Crippen molar-refractivity contribution in [3.63, 3.8) is 0 Å². The van der Waals surface area contributed by atoms with Crippen LogP contribution in [0, 0.1) is 11.3 Å². The lowest BCUT2D eigenvalue weighted by atomic mass is 10.1. The highest BCUT2D eigenvalue weighted by atomic mass is 16.1. The minimum Gasteiger partial charge on any atom is -0.376 e. The van der Waals surface area contributed by atoms with E-state index in [9.17, 15) is 14.9 Å². The Morgan fingerprint density at radius 3 is 2.58 bits per heavy atom. The Balaban J connectivity index is 2.88. The van der Waals surface area contributed by atoms with Crippen molar-refractivity contribution in [1.29, 1.82) is 5.26 Å². The predicted octanol–water partition coefficient (Wildman–Crippen LogP) is 3.75. The van der Waals surface area contributed by atoms with Gasteiger partial charge in [-0.2, -0.15) is 5.26 Å². The average molecular weight is 327 g/mol. The van der Waals surface area contributed by atoms with Gasteiger partial charge in [-0.05, 0) is 31.9 Å². The Bertz CT molecular complexity index is 644. The van der Waals surface area contributed by atoms with Gasteiger partial charge in [-0.3, -0.25) is 9.59 Å². The van der Waals surface area contributed by atoms with Crippen molar-refractivity contribution in [3.8, 4) is 6.07 Å². The van der Waals surface area contributed by atoms with Gasteiger partial charge in [0, 0.05) is 30.5 Å². The molecular formula is C19H25N3O2. The fourth-order valence-corrected chi connectivity index (χ4v) is 2.22.